The fourth-order valence-corrected chi connectivity index (χ4v) is 5.29. The van der Waals surface area contributed by atoms with Crippen molar-refractivity contribution in [3.05, 3.63) is 46.0 Å². The molecule has 42 heavy (non-hydrogen) atoms. The normalized spacial score (nSPS) is 21.2. The molecule has 0 spiro atoms. The predicted octanol–water partition coefficient (Wildman–Crippen LogP) is 2.02. The highest BCUT2D eigenvalue weighted by Gasteiger charge is 2.64. The SMILES string of the molecule is CC(=O)Oc1ccc(OC(C)=O)c2c1C(=O)c1cc(OC(C)=O)c3c(c1C2=O)O[C@H]1O[C@H](OC(C)=O)C[C@@]31OC(C)=O. The molecule has 3 aliphatic rings. The summed E-state index contributed by atoms with van der Waals surface area (Å²) < 4.78 is 38.2. The predicted molar refractivity (Wildman–Crippen MR) is 133 cm³/mol. The second-order valence-corrected chi connectivity index (χ2v) is 9.56. The molecule has 2 heterocycles. The Morgan fingerprint density at radius 2 is 1.29 bits per heavy atom. The lowest BCUT2D eigenvalue weighted by Crippen LogP contribution is -2.38. The van der Waals surface area contributed by atoms with Gasteiger partial charge in [0.1, 0.15) is 23.0 Å². The lowest BCUT2D eigenvalue weighted by atomic mass is 9.79. The molecule has 2 aromatic carbocycles. The van der Waals surface area contributed by atoms with Crippen LogP contribution in [0.2, 0.25) is 0 Å². The van der Waals surface area contributed by atoms with E-state index >= 15 is 0 Å². The molecule has 0 aromatic heterocycles. The Balaban J connectivity index is 1.79. The average molecular weight is 582 g/mol. The Hall–Kier alpha value is -5.11. The summed E-state index contributed by atoms with van der Waals surface area (Å²) >= 11 is 0. The zero-order valence-electron chi connectivity index (χ0n) is 22.8. The second kappa shape index (κ2) is 10.1. The third kappa shape index (κ3) is 4.55. The zero-order valence-corrected chi connectivity index (χ0v) is 22.8. The number of fused-ring (bicyclic) bond motifs is 6. The number of ketones is 2. The Kier molecular flexibility index (Phi) is 6.81. The van der Waals surface area contributed by atoms with Gasteiger partial charge in [0, 0.05) is 40.2 Å². The third-order valence-corrected chi connectivity index (χ3v) is 6.46. The molecule has 2 aliphatic heterocycles. The lowest BCUT2D eigenvalue weighted by molar-refractivity contribution is -0.204. The summed E-state index contributed by atoms with van der Waals surface area (Å²) in [7, 11) is 0. The van der Waals surface area contributed by atoms with Gasteiger partial charge in [0.2, 0.25) is 24.0 Å². The number of rotatable bonds is 5. The highest BCUT2D eigenvalue weighted by atomic mass is 16.8. The largest absolute Gasteiger partial charge is 0.459 e. The van der Waals surface area contributed by atoms with E-state index in [9.17, 15) is 33.6 Å². The van der Waals surface area contributed by atoms with Crippen molar-refractivity contribution in [3.63, 3.8) is 0 Å². The van der Waals surface area contributed by atoms with Crippen LogP contribution in [0.3, 0.4) is 0 Å². The van der Waals surface area contributed by atoms with Crippen LogP contribution in [0.15, 0.2) is 18.2 Å². The molecule has 0 bridgehead atoms. The van der Waals surface area contributed by atoms with Gasteiger partial charge in [0.05, 0.1) is 28.7 Å². The van der Waals surface area contributed by atoms with Gasteiger partial charge in [-0.15, -0.1) is 0 Å². The van der Waals surface area contributed by atoms with Gasteiger partial charge < -0.3 is 28.4 Å². The molecule has 0 saturated carbocycles. The Bertz CT molecular complexity index is 1640. The van der Waals surface area contributed by atoms with Gasteiger partial charge in [-0.2, -0.15) is 0 Å². The highest BCUT2D eigenvalue weighted by molar-refractivity contribution is 6.31. The summed E-state index contributed by atoms with van der Waals surface area (Å²) in [6.45, 7) is 5.49. The van der Waals surface area contributed by atoms with Crippen molar-refractivity contribution >= 4 is 41.4 Å². The molecule has 1 saturated heterocycles. The van der Waals surface area contributed by atoms with Gasteiger partial charge in [0.25, 0.3) is 0 Å². The summed E-state index contributed by atoms with van der Waals surface area (Å²) in [5.41, 5.74) is -3.44. The van der Waals surface area contributed by atoms with Crippen LogP contribution in [0.4, 0.5) is 0 Å². The van der Waals surface area contributed by atoms with E-state index in [1.54, 1.807) is 0 Å². The monoisotopic (exact) mass is 582 g/mol. The number of esters is 5. The van der Waals surface area contributed by atoms with Gasteiger partial charge in [0.15, 0.2) is 5.78 Å². The molecule has 1 aliphatic carbocycles. The van der Waals surface area contributed by atoms with Crippen molar-refractivity contribution in [1.29, 1.82) is 0 Å². The Labute approximate surface area is 236 Å². The van der Waals surface area contributed by atoms with Crippen molar-refractivity contribution in [2.45, 2.75) is 59.2 Å². The van der Waals surface area contributed by atoms with Crippen LogP contribution in [0.5, 0.6) is 23.0 Å². The lowest BCUT2D eigenvalue weighted by Gasteiger charge is -2.27. The average Bonchev–Trinajstić information content (AvgIpc) is 3.32. The molecular weight excluding hydrogens is 560 g/mol. The van der Waals surface area contributed by atoms with Gasteiger partial charge in [-0.3, -0.25) is 38.3 Å². The molecule has 0 amide bonds. The maximum absolute atomic E-state index is 14.2. The number of carbonyl (C=O) groups excluding carboxylic acids is 7. The topological polar surface area (TPSA) is 184 Å². The maximum atomic E-state index is 14.2. The fourth-order valence-electron chi connectivity index (χ4n) is 5.29. The molecule has 0 N–H and O–H groups in total. The third-order valence-electron chi connectivity index (χ3n) is 6.46. The number of hydrogen-bond acceptors (Lipinski definition) is 14. The first-order chi connectivity index (χ1) is 19.7. The molecule has 5 rings (SSSR count). The van der Waals surface area contributed by atoms with E-state index in [2.05, 4.69) is 0 Å². The van der Waals surface area contributed by atoms with Crippen molar-refractivity contribution < 1.29 is 66.7 Å². The molecule has 14 heteroatoms. The van der Waals surface area contributed by atoms with E-state index in [1.165, 1.54) is 12.1 Å². The molecule has 1 fully saturated rings. The van der Waals surface area contributed by atoms with Crippen LogP contribution < -0.4 is 18.9 Å². The van der Waals surface area contributed by atoms with E-state index < -0.39 is 65.2 Å². The molecule has 218 valence electrons. The van der Waals surface area contributed by atoms with Gasteiger partial charge in [-0.25, -0.2) is 0 Å². The number of carbonyl (C=O) groups is 7. The summed E-state index contributed by atoms with van der Waals surface area (Å²) in [5.74, 6) is -6.89. The summed E-state index contributed by atoms with van der Waals surface area (Å²) in [5, 5.41) is 0. The summed E-state index contributed by atoms with van der Waals surface area (Å²) in [6, 6.07) is 3.46. The first-order valence-electron chi connectivity index (χ1n) is 12.5. The van der Waals surface area contributed by atoms with E-state index in [0.717, 1.165) is 40.7 Å². The highest BCUT2D eigenvalue weighted by Crippen LogP contribution is 2.58. The Morgan fingerprint density at radius 1 is 0.738 bits per heavy atom. The van der Waals surface area contributed by atoms with Crippen molar-refractivity contribution in [2.75, 3.05) is 0 Å². The maximum Gasteiger partial charge on any atom is 0.308 e. The number of ether oxygens (including phenoxy) is 7. The molecule has 2 aromatic rings. The van der Waals surface area contributed by atoms with Crippen molar-refractivity contribution in [1.82, 2.24) is 0 Å². The van der Waals surface area contributed by atoms with Crippen LogP contribution in [0, 0.1) is 0 Å². The van der Waals surface area contributed by atoms with Crippen LogP contribution >= 0.6 is 0 Å². The van der Waals surface area contributed by atoms with E-state index in [1.807, 2.05) is 0 Å². The van der Waals surface area contributed by atoms with E-state index in [4.69, 9.17) is 33.2 Å². The Morgan fingerprint density at radius 3 is 1.81 bits per heavy atom. The minimum absolute atomic E-state index is 0.124. The molecule has 14 nitrogen and oxygen atoms in total. The van der Waals surface area contributed by atoms with E-state index in [0.29, 0.717) is 0 Å². The molecule has 3 atom stereocenters. The minimum atomic E-state index is -1.87. The number of hydrogen-bond donors (Lipinski definition) is 0. The number of benzene rings is 2. The van der Waals surface area contributed by atoms with Gasteiger partial charge in [-0.1, -0.05) is 0 Å². The molecule has 0 radical (unpaired) electrons. The van der Waals surface area contributed by atoms with Crippen molar-refractivity contribution in [3.8, 4) is 23.0 Å². The van der Waals surface area contributed by atoms with Crippen LogP contribution in [-0.4, -0.2) is 54.0 Å². The second-order valence-electron chi connectivity index (χ2n) is 9.56. The molecule has 0 unspecified atom stereocenters. The zero-order chi connectivity index (χ0) is 30.7. The quantitative estimate of drug-likeness (QED) is 0.314. The van der Waals surface area contributed by atoms with Crippen molar-refractivity contribution in [2.24, 2.45) is 0 Å². The van der Waals surface area contributed by atoms with Crippen LogP contribution in [0.1, 0.15) is 78.4 Å². The minimum Gasteiger partial charge on any atom is -0.459 e. The van der Waals surface area contributed by atoms with Crippen LogP contribution in [0.25, 0.3) is 0 Å². The van der Waals surface area contributed by atoms with Crippen LogP contribution in [-0.2, 0) is 43.8 Å². The standard InChI is InChI=1S/C28H22O14/c1-10(29)36-16-6-7-17(37-11(2)30)22-21(16)24(34)15-8-18(38-12(3)31)23-26(20(15)25(22)35)41-27-28(23,42-14(5)33)9-19(40-27)39-13(4)32/h6-8,19,27H,9H2,1-5H3/t19-,27+,28+/m0/s1. The summed E-state index contributed by atoms with van der Waals surface area (Å²) in [4.78, 5) is 87.8. The molecular formula is C28H22O14. The summed E-state index contributed by atoms with van der Waals surface area (Å²) in [6.07, 6.45) is -3.06. The first kappa shape index (κ1) is 28.4. The first-order valence-corrected chi connectivity index (χ1v) is 12.5. The van der Waals surface area contributed by atoms with Gasteiger partial charge >= 0.3 is 29.8 Å². The van der Waals surface area contributed by atoms with E-state index in [-0.39, 0.29) is 51.7 Å². The fraction of sp³-hybridized carbons (Fsp3) is 0.321. The smallest absolute Gasteiger partial charge is 0.308 e. The van der Waals surface area contributed by atoms with Gasteiger partial charge in [-0.05, 0) is 18.2 Å².